The van der Waals surface area contributed by atoms with E-state index >= 15 is 0 Å². The van der Waals surface area contributed by atoms with Crippen LogP contribution in [0.3, 0.4) is 0 Å². The van der Waals surface area contributed by atoms with Crippen molar-refractivity contribution in [3.8, 4) is 0 Å². The smallest absolute Gasteiger partial charge is 0.0973 e. The number of hydrogen-bond acceptors (Lipinski definition) is 5. The maximum atomic E-state index is 11.5. The number of hydrogen-bond donors (Lipinski definition) is 3. The molecule has 0 aromatic heterocycles. The largest absolute Gasteiger partial charge is 0.386 e. The van der Waals surface area contributed by atoms with Crippen LogP contribution in [0.2, 0.25) is 0 Å². The van der Waals surface area contributed by atoms with Gasteiger partial charge in [0.1, 0.15) is 0 Å². The average molecular weight is 359 g/mol. The summed E-state index contributed by atoms with van der Waals surface area (Å²) in [6.07, 6.45) is 5.63. The van der Waals surface area contributed by atoms with E-state index in [1.165, 1.54) is 24.9 Å². The molecule has 3 N–H and O–H groups in total. The van der Waals surface area contributed by atoms with Crippen molar-refractivity contribution in [1.82, 2.24) is 15.5 Å². The molecule has 5 heteroatoms. The fourth-order valence-electron chi connectivity index (χ4n) is 5.14. The van der Waals surface area contributed by atoms with Gasteiger partial charge < -0.3 is 20.6 Å². The Kier molecular flexibility index (Phi) is 5.79. The number of aliphatic hydroxyl groups is 1. The Hall–Kier alpha value is -1.14. The highest BCUT2D eigenvalue weighted by molar-refractivity contribution is 5.48. The Morgan fingerprint density at radius 3 is 2.00 bits per heavy atom. The van der Waals surface area contributed by atoms with Gasteiger partial charge in [0.05, 0.1) is 11.6 Å². The first-order chi connectivity index (χ1) is 12.8. The van der Waals surface area contributed by atoms with Gasteiger partial charge in [-0.15, -0.1) is 0 Å². The highest BCUT2D eigenvalue weighted by atomic mass is 16.3. The lowest BCUT2D eigenvalue weighted by atomic mass is 9.73. The normalized spacial score (nSPS) is 25.8. The van der Waals surface area contributed by atoms with E-state index in [4.69, 9.17) is 0 Å². The highest BCUT2D eigenvalue weighted by Gasteiger charge is 2.44. The molecule has 1 saturated carbocycles. The Balaban J connectivity index is 1.54. The summed E-state index contributed by atoms with van der Waals surface area (Å²) < 4.78 is 0. The number of anilines is 1. The van der Waals surface area contributed by atoms with Gasteiger partial charge in [0, 0.05) is 58.0 Å². The molecule has 1 atom stereocenters. The third kappa shape index (κ3) is 3.63. The van der Waals surface area contributed by atoms with Crippen LogP contribution in [0.4, 0.5) is 5.69 Å². The molecule has 0 bridgehead atoms. The van der Waals surface area contributed by atoms with Crippen molar-refractivity contribution in [2.24, 2.45) is 0 Å². The molecule has 5 nitrogen and oxygen atoms in total. The number of nitrogens with one attached hydrogen (secondary N) is 2. The van der Waals surface area contributed by atoms with Crippen molar-refractivity contribution in [3.63, 3.8) is 0 Å². The maximum Gasteiger partial charge on any atom is 0.0973 e. The number of rotatable bonds is 4. The summed E-state index contributed by atoms with van der Waals surface area (Å²) in [5.74, 6) is 0. The summed E-state index contributed by atoms with van der Waals surface area (Å²) in [5.41, 5.74) is 2.29. The first-order valence-corrected chi connectivity index (χ1v) is 10.5. The van der Waals surface area contributed by atoms with Gasteiger partial charge in [-0.1, -0.05) is 31.4 Å². The van der Waals surface area contributed by atoms with Crippen LogP contribution < -0.4 is 15.5 Å². The summed E-state index contributed by atoms with van der Waals surface area (Å²) >= 11 is 0. The molecular formula is C21H34N4O. The van der Waals surface area contributed by atoms with E-state index in [-0.39, 0.29) is 5.54 Å². The van der Waals surface area contributed by atoms with Crippen LogP contribution in [-0.2, 0) is 0 Å². The molecule has 2 saturated heterocycles. The fraction of sp³-hybridized carbons (Fsp3) is 0.714. The average Bonchev–Trinajstić information content (AvgIpc) is 2.75. The minimum absolute atomic E-state index is 0.0725. The quantitative estimate of drug-likeness (QED) is 0.765. The number of piperazine rings is 2. The molecule has 4 rings (SSSR count). The maximum absolute atomic E-state index is 11.5. The van der Waals surface area contributed by atoms with Crippen molar-refractivity contribution in [3.05, 3.63) is 29.8 Å². The van der Waals surface area contributed by atoms with Gasteiger partial charge in [-0.2, -0.15) is 0 Å². The van der Waals surface area contributed by atoms with E-state index in [9.17, 15) is 5.11 Å². The van der Waals surface area contributed by atoms with Crippen LogP contribution in [0.5, 0.6) is 0 Å². The van der Waals surface area contributed by atoms with E-state index < -0.39 is 6.10 Å². The predicted octanol–water partition coefficient (Wildman–Crippen LogP) is 1.74. The first kappa shape index (κ1) is 18.2. The second kappa shape index (κ2) is 8.26. The molecule has 2 heterocycles. The molecule has 1 aromatic carbocycles. The van der Waals surface area contributed by atoms with Crippen LogP contribution in [0.1, 0.15) is 43.8 Å². The SMILES string of the molecule is OC(c1ccc(N2CCNCC2)cc1)C1(N2CCNCC2)CCCCC1. The minimum Gasteiger partial charge on any atom is -0.386 e. The van der Waals surface area contributed by atoms with Crippen molar-refractivity contribution in [1.29, 1.82) is 0 Å². The Bertz CT molecular complexity index is 558. The van der Waals surface area contributed by atoms with Crippen LogP contribution in [0.15, 0.2) is 24.3 Å². The Labute approximate surface area is 157 Å². The summed E-state index contributed by atoms with van der Waals surface area (Å²) in [6.45, 7) is 8.41. The van der Waals surface area contributed by atoms with E-state index in [0.29, 0.717) is 0 Å². The second-order valence-corrected chi connectivity index (χ2v) is 8.13. The third-order valence-electron chi connectivity index (χ3n) is 6.67. The topological polar surface area (TPSA) is 50.8 Å². The number of benzene rings is 1. The summed E-state index contributed by atoms with van der Waals surface area (Å²) in [4.78, 5) is 5.01. The zero-order valence-corrected chi connectivity index (χ0v) is 15.9. The molecule has 144 valence electrons. The van der Waals surface area contributed by atoms with E-state index in [2.05, 4.69) is 44.7 Å². The second-order valence-electron chi connectivity index (χ2n) is 8.13. The van der Waals surface area contributed by atoms with Gasteiger partial charge in [-0.3, -0.25) is 4.90 Å². The van der Waals surface area contributed by atoms with Gasteiger partial charge in [-0.25, -0.2) is 0 Å². The fourth-order valence-corrected chi connectivity index (χ4v) is 5.14. The van der Waals surface area contributed by atoms with Crippen molar-refractivity contribution < 1.29 is 5.11 Å². The molecule has 0 amide bonds. The zero-order chi connectivity index (χ0) is 17.8. The van der Waals surface area contributed by atoms with Crippen LogP contribution in [0.25, 0.3) is 0 Å². The summed E-state index contributed by atoms with van der Waals surface area (Å²) in [6, 6.07) is 8.75. The lowest BCUT2D eigenvalue weighted by molar-refractivity contribution is -0.0630. The van der Waals surface area contributed by atoms with Crippen LogP contribution in [0, 0.1) is 0 Å². The van der Waals surface area contributed by atoms with Gasteiger partial charge >= 0.3 is 0 Å². The van der Waals surface area contributed by atoms with E-state index in [0.717, 1.165) is 70.8 Å². The third-order valence-corrected chi connectivity index (χ3v) is 6.67. The van der Waals surface area contributed by atoms with Gasteiger partial charge in [-0.05, 0) is 30.5 Å². The lowest BCUT2D eigenvalue weighted by Crippen LogP contribution is -2.59. The summed E-state index contributed by atoms with van der Waals surface area (Å²) in [5, 5.41) is 18.3. The molecule has 3 aliphatic rings. The molecule has 26 heavy (non-hydrogen) atoms. The summed E-state index contributed by atoms with van der Waals surface area (Å²) in [7, 11) is 0. The van der Waals surface area contributed by atoms with Gasteiger partial charge in [0.2, 0.25) is 0 Å². The van der Waals surface area contributed by atoms with Crippen molar-refractivity contribution in [2.45, 2.75) is 43.7 Å². The number of nitrogens with zero attached hydrogens (tertiary/aromatic N) is 2. The van der Waals surface area contributed by atoms with E-state index in [1.54, 1.807) is 0 Å². The van der Waals surface area contributed by atoms with Crippen molar-refractivity contribution in [2.75, 3.05) is 57.3 Å². The Morgan fingerprint density at radius 2 is 1.38 bits per heavy atom. The molecule has 1 aromatic rings. The molecular weight excluding hydrogens is 324 g/mol. The highest BCUT2D eigenvalue weighted by Crippen LogP contribution is 2.43. The van der Waals surface area contributed by atoms with Gasteiger partial charge in [0.25, 0.3) is 0 Å². The molecule has 2 aliphatic heterocycles. The van der Waals surface area contributed by atoms with Crippen LogP contribution in [-0.4, -0.2) is 67.9 Å². The zero-order valence-electron chi connectivity index (χ0n) is 15.9. The van der Waals surface area contributed by atoms with Crippen molar-refractivity contribution >= 4 is 5.69 Å². The monoisotopic (exact) mass is 358 g/mol. The minimum atomic E-state index is -0.391. The molecule has 0 radical (unpaired) electrons. The molecule has 1 unspecified atom stereocenters. The standard InChI is InChI=1S/C21H34N4O/c26-20(18-4-6-19(7-5-18)24-14-10-22-11-15-24)21(8-2-1-3-9-21)25-16-12-23-13-17-25/h4-7,20,22-23,26H,1-3,8-17H2. The van der Waals surface area contributed by atoms with Gasteiger partial charge in [0.15, 0.2) is 0 Å². The van der Waals surface area contributed by atoms with E-state index in [1.807, 2.05) is 0 Å². The molecule has 3 fully saturated rings. The molecule has 1 aliphatic carbocycles. The predicted molar refractivity (Wildman–Crippen MR) is 107 cm³/mol. The lowest BCUT2D eigenvalue weighted by Gasteiger charge is -2.51. The Morgan fingerprint density at radius 1 is 0.808 bits per heavy atom. The first-order valence-electron chi connectivity index (χ1n) is 10.5. The number of aliphatic hydroxyl groups excluding tert-OH is 1. The molecule has 0 spiro atoms. The van der Waals surface area contributed by atoms with Crippen LogP contribution >= 0.6 is 0 Å².